The molecule has 2 aromatic heterocycles. The van der Waals surface area contributed by atoms with Crippen LogP contribution in [0.4, 0.5) is 25.1 Å². The lowest BCUT2D eigenvalue weighted by Crippen LogP contribution is -2.28. The minimum atomic E-state index is -5.24. The topological polar surface area (TPSA) is 132 Å². The number of β-amino-alcohol motifs (C(OH)–C–C–N with tert-alkyl or cyclic N) is 1. The Morgan fingerprint density at radius 1 is 1.12 bits per heavy atom. The molecule has 11 nitrogen and oxygen atoms in total. The number of rotatable bonds is 8. The average molecular weight is 559 g/mol. The largest absolute Gasteiger partial charge is 0.494 e. The summed E-state index contributed by atoms with van der Waals surface area (Å²) in [6, 6.07) is 9.86. The number of aliphatic hydroxyl groups excluding tert-OH is 1. The van der Waals surface area contributed by atoms with Crippen molar-refractivity contribution in [3.63, 3.8) is 0 Å². The van der Waals surface area contributed by atoms with E-state index in [1.54, 1.807) is 25.1 Å². The standard InChI is InChI=1S/C26H25F3N6O5/c1-14-17-4-3-5-20(38-2)21(17)32-24(30-14)34-25-31-19-7-6-16(39-11-10-35-9-8-15(36)13-35)12-18(19)22(33-25)40-23(37)26(27,28)29/h3-7,12,15,36H,8-11,13H2,1-2H3,(H,30,31,32,33,34). The maximum atomic E-state index is 13.1. The van der Waals surface area contributed by atoms with E-state index in [2.05, 4.69) is 30.0 Å². The molecule has 2 aromatic carbocycles. The first-order chi connectivity index (χ1) is 19.1. The van der Waals surface area contributed by atoms with Crippen LogP contribution in [0, 0.1) is 6.92 Å². The zero-order chi connectivity index (χ0) is 28.4. The summed E-state index contributed by atoms with van der Waals surface area (Å²) in [5.41, 5.74) is 1.31. The van der Waals surface area contributed by atoms with Gasteiger partial charge in [0, 0.05) is 25.0 Å². The first-order valence-electron chi connectivity index (χ1n) is 12.3. The first-order valence-corrected chi connectivity index (χ1v) is 12.3. The van der Waals surface area contributed by atoms with Crippen LogP contribution in [0.15, 0.2) is 36.4 Å². The van der Waals surface area contributed by atoms with E-state index >= 15 is 0 Å². The van der Waals surface area contributed by atoms with Gasteiger partial charge in [0.05, 0.1) is 29.8 Å². The molecule has 0 radical (unpaired) electrons. The summed E-state index contributed by atoms with van der Waals surface area (Å²) in [6.45, 7) is 3.89. The highest BCUT2D eigenvalue weighted by Gasteiger charge is 2.42. The molecular formula is C26H25F3N6O5. The number of alkyl halides is 3. The van der Waals surface area contributed by atoms with E-state index in [0.717, 1.165) is 11.9 Å². The second-order valence-electron chi connectivity index (χ2n) is 9.12. The molecule has 1 unspecified atom stereocenters. The number of carbonyl (C=O) groups is 1. The Morgan fingerprint density at radius 3 is 2.65 bits per heavy atom. The summed E-state index contributed by atoms with van der Waals surface area (Å²) in [5, 5.41) is 13.2. The summed E-state index contributed by atoms with van der Waals surface area (Å²) >= 11 is 0. The number of anilines is 2. The molecule has 40 heavy (non-hydrogen) atoms. The van der Waals surface area contributed by atoms with Crippen molar-refractivity contribution in [2.75, 3.05) is 38.7 Å². The Kier molecular flexibility index (Phi) is 7.54. The molecule has 210 valence electrons. The number of nitrogens with zero attached hydrogens (tertiary/aromatic N) is 5. The van der Waals surface area contributed by atoms with Gasteiger partial charge in [-0.3, -0.25) is 10.2 Å². The van der Waals surface area contributed by atoms with Crippen LogP contribution in [0.2, 0.25) is 0 Å². The summed E-state index contributed by atoms with van der Waals surface area (Å²) in [5.74, 6) is -2.35. The minimum absolute atomic E-state index is 0.0366. The van der Waals surface area contributed by atoms with Gasteiger partial charge in [0.15, 0.2) is 0 Å². The summed E-state index contributed by atoms with van der Waals surface area (Å²) in [4.78, 5) is 31.0. The molecule has 1 saturated heterocycles. The van der Waals surface area contributed by atoms with Gasteiger partial charge < -0.3 is 19.3 Å². The van der Waals surface area contributed by atoms with E-state index in [4.69, 9.17) is 9.47 Å². The van der Waals surface area contributed by atoms with Crippen LogP contribution in [-0.2, 0) is 4.79 Å². The number of para-hydroxylation sites is 1. The number of benzene rings is 2. The van der Waals surface area contributed by atoms with Crippen LogP contribution < -0.4 is 19.5 Å². The van der Waals surface area contributed by atoms with E-state index in [0.29, 0.717) is 42.2 Å². The summed E-state index contributed by atoms with van der Waals surface area (Å²) < 4.78 is 54.9. The highest BCUT2D eigenvalue weighted by Crippen LogP contribution is 2.31. The Balaban J connectivity index is 1.45. The highest BCUT2D eigenvalue weighted by atomic mass is 19.4. The van der Waals surface area contributed by atoms with Gasteiger partial charge in [-0.15, -0.1) is 0 Å². The number of ether oxygens (including phenoxy) is 3. The highest BCUT2D eigenvalue weighted by molar-refractivity contribution is 5.90. The number of carbonyl (C=O) groups excluding carboxylic acids is 1. The van der Waals surface area contributed by atoms with Crippen molar-refractivity contribution in [1.29, 1.82) is 0 Å². The van der Waals surface area contributed by atoms with Crippen molar-refractivity contribution in [3.05, 3.63) is 42.1 Å². The van der Waals surface area contributed by atoms with Crippen molar-refractivity contribution in [2.45, 2.75) is 25.6 Å². The van der Waals surface area contributed by atoms with Gasteiger partial charge in [-0.1, -0.05) is 12.1 Å². The van der Waals surface area contributed by atoms with E-state index in [9.17, 15) is 23.1 Å². The molecule has 0 bridgehead atoms. The normalized spacial score (nSPS) is 15.9. The van der Waals surface area contributed by atoms with Gasteiger partial charge in [0.1, 0.15) is 23.6 Å². The molecule has 0 spiro atoms. The second-order valence-corrected chi connectivity index (χ2v) is 9.12. The molecule has 1 fully saturated rings. The zero-order valence-corrected chi connectivity index (χ0v) is 21.5. The smallest absolute Gasteiger partial charge is 0.491 e. The molecule has 4 aromatic rings. The number of halogens is 3. The third kappa shape index (κ3) is 5.97. The Labute approximate surface area is 225 Å². The van der Waals surface area contributed by atoms with Gasteiger partial charge in [0.2, 0.25) is 17.8 Å². The first kappa shape index (κ1) is 27.3. The maximum absolute atomic E-state index is 13.1. The molecule has 1 aliphatic rings. The Bertz CT molecular complexity index is 1570. The van der Waals surface area contributed by atoms with E-state index < -0.39 is 18.0 Å². The fourth-order valence-corrected chi connectivity index (χ4v) is 4.36. The second kappa shape index (κ2) is 11.1. The Hall–Kier alpha value is -4.30. The molecule has 2 N–H and O–H groups in total. The van der Waals surface area contributed by atoms with E-state index in [1.165, 1.54) is 19.2 Å². The van der Waals surface area contributed by atoms with Crippen LogP contribution in [0.1, 0.15) is 12.1 Å². The van der Waals surface area contributed by atoms with Crippen molar-refractivity contribution in [3.8, 4) is 17.4 Å². The maximum Gasteiger partial charge on any atom is 0.491 e. The van der Waals surface area contributed by atoms with Crippen molar-refractivity contribution in [2.24, 2.45) is 0 Å². The minimum Gasteiger partial charge on any atom is -0.494 e. The number of nitrogens with one attached hydrogen (secondary N) is 1. The van der Waals surface area contributed by atoms with E-state index in [-0.39, 0.29) is 35.5 Å². The monoisotopic (exact) mass is 558 g/mol. The van der Waals surface area contributed by atoms with Gasteiger partial charge in [-0.05, 0) is 37.6 Å². The summed E-state index contributed by atoms with van der Waals surface area (Å²) in [7, 11) is 1.50. The lowest BCUT2D eigenvalue weighted by molar-refractivity contribution is -0.189. The third-order valence-corrected chi connectivity index (χ3v) is 6.30. The molecule has 14 heteroatoms. The predicted octanol–water partition coefficient (Wildman–Crippen LogP) is 3.55. The van der Waals surface area contributed by atoms with Crippen LogP contribution in [-0.4, -0.2) is 81.5 Å². The van der Waals surface area contributed by atoms with E-state index in [1.807, 2.05) is 11.0 Å². The number of fused-ring (bicyclic) bond motifs is 2. The third-order valence-electron chi connectivity index (χ3n) is 6.30. The molecule has 0 amide bonds. The lowest BCUT2D eigenvalue weighted by atomic mass is 10.2. The molecular weight excluding hydrogens is 533 g/mol. The number of aryl methyl sites for hydroxylation is 1. The Morgan fingerprint density at radius 2 is 1.93 bits per heavy atom. The number of methoxy groups -OCH3 is 1. The molecule has 1 aliphatic heterocycles. The number of esters is 1. The van der Waals surface area contributed by atoms with Crippen LogP contribution in [0.3, 0.4) is 0 Å². The van der Waals surface area contributed by atoms with Crippen LogP contribution in [0.5, 0.6) is 17.4 Å². The number of likely N-dealkylation sites (tertiary alicyclic amines) is 1. The van der Waals surface area contributed by atoms with Gasteiger partial charge in [-0.25, -0.2) is 19.7 Å². The molecule has 5 rings (SSSR count). The number of hydrogen-bond acceptors (Lipinski definition) is 11. The molecule has 0 saturated carbocycles. The fraction of sp³-hybridized carbons (Fsp3) is 0.346. The number of aliphatic hydroxyl groups is 1. The van der Waals surface area contributed by atoms with Gasteiger partial charge >= 0.3 is 12.1 Å². The lowest BCUT2D eigenvalue weighted by Gasteiger charge is -2.16. The van der Waals surface area contributed by atoms with Gasteiger partial charge in [-0.2, -0.15) is 18.2 Å². The van der Waals surface area contributed by atoms with Crippen molar-refractivity contribution < 1.29 is 37.3 Å². The molecule has 1 atom stereocenters. The molecule has 3 heterocycles. The van der Waals surface area contributed by atoms with Gasteiger partial charge in [0.25, 0.3) is 0 Å². The van der Waals surface area contributed by atoms with Crippen molar-refractivity contribution >= 4 is 39.7 Å². The van der Waals surface area contributed by atoms with Crippen LogP contribution >= 0.6 is 0 Å². The van der Waals surface area contributed by atoms with Crippen molar-refractivity contribution in [1.82, 2.24) is 24.8 Å². The number of hydrogen-bond donors (Lipinski definition) is 2. The molecule has 0 aliphatic carbocycles. The van der Waals surface area contributed by atoms with Crippen LogP contribution in [0.25, 0.3) is 21.8 Å². The fourth-order valence-electron chi connectivity index (χ4n) is 4.36. The SMILES string of the molecule is COc1cccc2c(C)nc(Nc3nc(OC(=O)C(F)(F)F)c4cc(OCCN5CCC(O)C5)ccc4n3)nc12. The quantitative estimate of drug-likeness (QED) is 0.308. The predicted molar refractivity (Wildman–Crippen MR) is 138 cm³/mol. The summed E-state index contributed by atoms with van der Waals surface area (Å²) in [6.07, 6.45) is -4.92. The zero-order valence-electron chi connectivity index (χ0n) is 21.5. The average Bonchev–Trinajstić information content (AvgIpc) is 3.33. The number of aromatic nitrogens is 4.